The Morgan fingerprint density at radius 2 is 2.26 bits per heavy atom. The van der Waals surface area contributed by atoms with Crippen molar-refractivity contribution in [2.75, 3.05) is 26.2 Å². The molecule has 1 fully saturated rings. The Balaban J connectivity index is 2.14. The van der Waals surface area contributed by atoms with Gasteiger partial charge in [0.2, 0.25) is 5.91 Å². The summed E-state index contributed by atoms with van der Waals surface area (Å²) in [7, 11) is 0. The lowest BCUT2D eigenvalue weighted by Crippen LogP contribution is -2.39. The van der Waals surface area contributed by atoms with Crippen LogP contribution in [0.15, 0.2) is 11.0 Å². The summed E-state index contributed by atoms with van der Waals surface area (Å²) in [5.41, 5.74) is -0.144. The first kappa shape index (κ1) is 14.4. The summed E-state index contributed by atoms with van der Waals surface area (Å²) in [5, 5.41) is 3.25. The minimum atomic E-state index is -0.144. The average Bonchev–Trinajstić information content (AvgIpc) is 2.68. The van der Waals surface area contributed by atoms with Gasteiger partial charge in [-0.15, -0.1) is 0 Å². The largest absolute Gasteiger partial charge is 0.340 e. The highest BCUT2D eigenvalue weighted by Gasteiger charge is 2.17. The number of halogens is 1. The summed E-state index contributed by atoms with van der Waals surface area (Å²) >= 11 is 1.94. The Bertz CT molecular complexity index is 521. The molecule has 0 radical (unpaired) electrons. The van der Waals surface area contributed by atoms with Crippen molar-refractivity contribution in [1.29, 1.82) is 0 Å². The second-order valence-electron chi connectivity index (χ2n) is 4.53. The molecule has 1 aromatic rings. The fourth-order valence-electron chi connectivity index (χ4n) is 2.07. The molecule has 1 saturated heterocycles. The van der Waals surface area contributed by atoms with Gasteiger partial charge in [-0.05, 0) is 42.5 Å². The minimum absolute atomic E-state index is 0.0160. The van der Waals surface area contributed by atoms with Gasteiger partial charge in [0.05, 0.1) is 3.57 Å². The monoisotopic (exact) mass is 376 g/mol. The van der Waals surface area contributed by atoms with Crippen molar-refractivity contribution in [1.82, 2.24) is 19.8 Å². The van der Waals surface area contributed by atoms with E-state index in [2.05, 4.69) is 10.3 Å². The fourth-order valence-corrected chi connectivity index (χ4v) is 2.50. The average molecular weight is 376 g/mol. The van der Waals surface area contributed by atoms with Gasteiger partial charge in [0.25, 0.3) is 5.56 Å². The molecule has 19 heavy (non-hydrogen) atoms. The number of nitrogens with one attached hydrogen (secondary N) is 1. The first-order valence-corrected chi connectivity index (χ1v) is 7.38. The van der Waals surface area contributed by atoms with Gasteiger partial charge in [0, 0.05) is 25.8 Å². The van der Waals surface area contributed by atoms with Crippen LogP contribution in [0, 0.1) is 10.5 Å². The van der Waals surface area contributed by atoms with Gasteiger partial charge >= 0.3 is 0 Å². The maximum atomic E-state index is 12.2. The van der Waals surface area contributed by atoms with Crippen molar-refractivity contribution in [2.45, 2.75) is 19.9 Å². The highest BCUT2D eigenvalue weighted by molar-refractivity contribution is 14.1. The predicted molar refractivity (Wildman–Crippen MR) is 80.0 cm³/mol. The van der Waals surface area contributed by atoms with E-state index in [-0.39, 0.29) is 18.0 Å². The molecule has 0 unspecified atom stereocenters. The molecule has 0 atom stereocenters. The standard InChI is InChI=1S/C12H17IN4O2/c1-9-15-7-10(13)12(19)17(9)8-11(18)16-5-2-3-14-4-6-16/h7,14H,2-6,8H2,1H3. The van der Waals surface area contributed by atoms with Gasteiger partial charge < -0.3 is 10.2 Å². The Morgan fingerprint density at radius 3 is 3.05 bits per heavy atom. The summed E-state index contributed by atoms with van der Waals surface area (Å²) in [6.45, 7) is 5.02. The Kier molecular flexibility index (Phi) is 4.92. The lowest BCUT2D eigenvalue weighted by molar-refractivity contribution is -0.131. The Labute approximate surface area is 125 Å². The number of carbonyl (C=O) groups excluding carboxylic acids is 1. The molecule has 0 aliphatic carbocycles. The van der Waals surface area contributed by atoms with E-state index < -0.39 is 0 Å². The second-order valence-corrected chi connectivity index (χ2v) is 5.69. The topological polar surface area (TPSA) is 67.2 Å². The third-order valence-electron chi connectivity index (χ3n) is 3.19. The predicted octanol–water partition coefficient (Wildman–Crippen LogP) is -0.0218. The lowest BCUT2D eigenvalue weighted by atomic mass is 10.3. The zero-order valence-corrected chi connectivity index (χ0v) is 13.0. The quantitative estimate of drug-likeness (QED) is 0.737. The van der Waals surface area contributed by atoms with Gasteiger partial charge in [-0.25, -0.2) is 4.98 Å². The molecule has 2 rings (SSSR count). The molecular formula is C12H17IN4O2. The van der Waals surface area contributed by atoms with E-state index in [4.69, 9.17) is 0 Å². The number of nitrogens with zero attached hydrogens (tertiary/aromatic N) is 3. The molecule has 2 heterocycles. The molecule has 0 bridgehead atoms. The second kappa shape index (κ2) is 6.47. The highest BCUT2D eigenvalue weighted by atomic mass is 127. The van der Waals surface area contributed by atoms with Gasteiger partial charge in [-0.3, -0.25) is 14.2 Å². The maximum absolute atomic E-state index is 12.2. The number of aromatic nitrogens is 2. The Morgan fingerprint density at radius 1 is 1.47 bits per heavy atom. The van der Waals surface area contributed by atoms with Crippen LogP contribution in [0.3, 0.4) is 0 Å². The van der Waals surface area contributed by atoms with Crippen LogP contribution in [-0.4, -0.2) is 46.5 Å². The summed E-state index contributed by atoms with van der Waals surface area (Å²) in [4.78, 5) is 30.2. The normalized spacial score (nSPS) is 16.2. The van der Waals surface area contributed by atoms with Crippen LogP contribution in [0.25, 0.3) is 0 Å². The first-order chi connectivity index (χ1) is 9.09. The molecule has 1 aliphatic heterocycles. The van der Waals surface area contributed by atoms with Crippen molar-refractivity contribution < 1.29 is 4.79 Å². The number of hydrogen-bond donors (Lipinski definition) is 1. The maximum Gasteiger partial charge on any atom is 0.267 e. The summed E-state index contributed by atoms with van der Waals surface area (Å²) < 4.78 is 1.98. The molecule has 6 nitrogen and oxygen atoms in total. The van der Waals surface area contributed by atoms with Crippen LogP contribution in [0.5, 0.6) is 0 Å². The van der Waals surface area contributed by atoms with Crippen LogP contribution in [0.1, 0.15) is 12.2 Å². The smallest absolute Gasteiger partial charge is 0.267 e. The van der Waals surface area contributed by atoms with Crippen molar-refractivity contribution in [3.63, 3.8) is 0 Å². The molecule has 0 spiro atoms. The SMILES string of the molecule is Cc1ncc(I)c(=O)n1CC(=O)N1CCCNCC1. The van der Waals surface area contributed by atoms with Gasteiger partial charge in [-0.1, -0.05) is 0 Å². The zero-order chi connectivity index (χ0) is 13.8. The van der Waals surface area contributed by atoms with Crippen molar-refractivity contribution in [3.8, 4) is 0 Å². The number of carbonyl (C=O) groups is 1. The molecule has 0 saturated carbocycles. The molecule has 1 aromatic heterocycles. The number of aryl methyl sites for hydroxylation is 1. The van der Waals surface area contributed by atoms with E-state index in [1.165, 1.54) is 10.8 Å². The Hall–Kier alpha value is -0.960. The molecule has 7 heteroatoms. The van der Waals surface area contributed by atoms with E-state index >= 15 is 0 Å². The first-order valence-electron chi connectivity index (χ1n) is 6.30. The van der Waals surface area contributed by atoms with Crippen LogP contribution in [0.2, 0.25) is 0 Å². The summed E-state index contributed by atoms with van der Waals surface area (Å²) in [6, 6.07) is 0. The molecule has 1 amide bonds. The third kappa shape index (κ3) is 3.53. The van der Waals surface area contributed by atoms with Gasteiger partial charge in [0.15, 0.2) is 0 Å². The molecule has 0 aromatic carbocycles. The molecule has 104 valence electrons. The van der Waals surface area contributed by atoms with E-state index in [1.54, 1.807) is 6.92 Å². The number of rotatable bonds is 2. The van der Waals surface area contributed by atoms with Crippen LogP contribution in [-0.2, 0) is 11.3 Å². The summed E-state index contributed by atoms with van der Waals surface area (Å²) in [5.74, 6) is 0.560. The molecule has 1 aliphatic rings. The van der Waals surface area contributed by atoms with E-state index in [0.717, 1.165) is 26.1 Å². The fraction of sp³-hybridized carbons (Fsp3) is 0.583. The highest BCUT2D eigenvalue weighted by Crippen LogP contribution is 2.01. The number of amides is 1. The van der Waals surface area contributed by atoms with Crippen molar-refractivity contribution >= 4 is 28.5 Å². The van der Waals surface area contributed by atoms with Gasteiger partial charge in [0.1, 0.15) is 12.4 Å². The molecule has 1 N–H and O–H groups in total. The van der Waals surface area contributed by atoms with Crippen molar-refractivity contribution in [2.24, 2.45) is 0 Å². The van der Waals surface area contributed by atoms with Crippen LogP contribution >= 0.6 is 22.6 Å². The van der Waals surface area contributed by atoms with E-state index in [1.807, 2.05) is 27.5 Å². The van der Waals surface area contributed by atoms with Crippen LogP contribution in [0.4, 0.5) is 0 Å². The summed E-state index contributed by atoms with van der Waals surface area (Å²) in [6.07, 6.45) is 2.49. The molecular weight excluding hydrogens is 359 g/mol. The zero-order valence-electron chi connectivity index (χ0n) is 10.9. The third-order valence-corrected chi connectivity index (χ3v) is 3.93. The van der Waals surface area contributed by atoms with E-state index in [0.29, 0.717) is 15.9 Å². The minimum Gasteiger partial charge on any atom is -0.340 e. The lowest BCUT2D eigenvalue weighted by Gasteiger charge is -2.21. The van der Waals surface area contributed by atoms with Crippen LogP contribution < -0.4 is 10.9 Å². The van der Waals surface area contributed by atoms with Crippen molar-refractivity contribution in [3.05, 3.63) is 25.9 Å². The van der Waals surface area contributed by atoms with E-state index in [9.17, 15) is 9.59 Å². The number of hydrogen-bond acceptors (Lipinski definition) is 4. The van der Waals surface area contributed by atoms with Gasteiger partial charge in [-0.2, -0.15) is 0 Å².